The van der Waals surface area contributed by atoms with Crippen molar-refractivity contribution in [3.8, 4) is 5.75 Å². The summed E-state index contributed by atoms with van der Waals surface area (Å²) in [7, 11) is 1.61. The number of halogens is 6. The Morgan fingerprint density at radius 1 is 1.05 bits per heavy atom. The van der Waals surface area contributed by atoms with E-state index in [2.05, 4.69) is 20.6 Å². The van der Waals surface area contributed by atoms with Crippen molar-refractivity contribution in [3.63, 3.8) is 0 Å². The van der Waals surface area contributed by atoms with Crippen LogP contribution in [0.3, 0.4) is 0 Å². The molecule has 0 bridgehead atoms. The molecule has 6 heterocycles. The molecule has 7 aliphatic rings. The van der Waals surface area contributed by atoms with Gasteiger partial charge >= 0.3 is 6.18 Å². The van der Waals surface area contributed by atoms with Gasteiger partial charge in [-0.2, -0.15) is 18.3 Å². The number of hydrogen-bond donors (Lipinski definition) is 2. The van der Waals surface area contributed by atoms with Crippen LogP contribution in [-0.2, 0) is 26.1 Å². The number of aryl methyl sites for hydroxylation is 1. The molecule has 5 aliphatic heterocycles. The van der Waals surface area contributed by atoms with Gasteiger partial charge in [-0.1, -0.05) is 0 Å². The second-order valence-corrected chi connectivity index (χ2v) is 17.3. The molecule has 2 N–H and O–H groups in total. The third kappa shape index (κ3) is 7.78. The summed E-state index contributed by atoms with van der Waals surface area (Å²) in [6.45, 7) is -0.443. The van der Waals surface area contributed by atoms with E-state index >= 15 is 4.39 Å². The van der Waals surface area contributed by atoms with E-state index in [4.69, 9.17) is 14.2 Å². The molecule has 9 rings (SSSR count). The lowest BCUT2D eigenvalue weighted by atomic mass is 9.79. The normalized spacial score (nSPS) is 28.0. The van der Waals surface area contributed by atoms with Gasteiger partial charge in [0.25, 0.3) is 17.7 Å². The summed E-state index contributed by atoms with van der Waals surface area (Å²) in [6.07, 6.45) is -2.95. The number of likely N-dealkylation sites (tertiary alicyclic amines) is 2. The molecule has 4 atom stereocenters. The second-order valence-electron chi connectivity index (χ2n) is 17.3. The van der Waals surface area contributed by atoms with Crippen molar-refractivity contribution in [2.45, 2.75) is 93.0 Å². The Bertz CT molecular complexity index is 1910. The minimum Gasteiger partial charge on any atom is -0.487 e. The average molecular weight is 824 g/mol. The van der Waals surface area contributed by atoms with E-state index in [0.29, 0.717) is 39.1 Å². The highest BCUT2D eigenvalue weighted by molar-refractivity contribution is 6.01. The zero-order valence-electron chi connectivity index (χ0n) is 32.0. The van der Waals surface area contributed by atoms with Gasteiger partial charge in [-0.25, -0.2) is 13.2 Å². The number of rotatable bonds is 11. The van der Waals surface area contributed by atoms with Gasteiger partial charge < -0.3 is 29.7 Å². The lowest BCUT2D eigenvalue weighted by molar-refractivity contribution is -0.257. The van der Waals surface area contributed by atoms with E-state index in [1.54, 1.807) is 7.05 Å². The molecular weight excluding hydrogens is 776 g/mol. The minimum atomic E-state index is -4.89. The highest BCUT2D eigenvalue weighted by Crippen LogP contribution is 2.52. The maximum atomic E-state index is 16.4. The molecule has 1 aromatic heterocycles. The molecular formula is C39H47F6N7O6. The van der Waals surface area contributed by atoms with Crippen LogP contribution in [0.2, 0.25) is 0 Å². The van der Waals surface area contributed by atoms with Crippen LogP contribution in [0.15, 0.2) is 24.4 Å². The van der Waals surface area contributed by atoms with E-state index in [0.717, 1.165) is 36.6 Å². The molecule has 3 amide bonds. The first-order valence-electron chi connectivity index (χ1n) is 20.1. The number of morpholine rings is 1. The lowest BCUT2D eigenvalue weighted by Crippen LogP contribution is -2.64. The van der Waals surface area contributed by atoms with Crippen LogP contribution >= 0.6 is 0 Å². The van der Waals surface area contributed by atoms with Crippen molar-refractivity contribution in [1.82, 2.24) is 29.8 Å². The van der Waals surface area contributed by atoms with E-state index in [1.165, 1.54) is 27.9 Å². The quantitative estimate of drug-likeness (QED) is 0.325. The van der Waals surface area contributed by atoms with Gasteiger partial charge in [0.05, 0.1) is 50.6 Å². The van der Waals surface area contributed by atoms with Gasteiger partial charge in [0.15, 0.2) is 6.10 Å². The number of benzene rings is 1. The number of nitrogens with one attached hydrogen (secondary N) is 2. The fourth-order valence-electron chi connectivity index (χ4n) is 9.62. The minimum absolute atomic E-state index is 0.0531. The predicted molar refractivity (Wildman–Crippen MR) is 192 cm³/mol. The molecule has 19 heteroatoms. The Hall–Kier alpha value is -3.94. The first-order chi connectivity index (χ1) is 27.6. The summed E-state index contributed by atoms with van der Waals surface area (Å²) in [4.78, 5) is 46.3. The Morgan fingerprint density at radius 3 is 2.31 bits per heavy atom. The van der Waals surface area contributed by atoms with Crippen LogP contribution < -0.4 is 15.4 Å². The van der Waals surface area contributed by atoms with Crippen molar-refractivity contribution in [2.75, 3.05) is 57.8 Å². The standard InChI is InChI=1S/C39H47F6N7O6/c1-49-27(6-9-46-49)34(53)48-33(32(21-2-3-21)22-4-5-22)35(54)47-26-13-29-24(12-25(26)40)28(14-37(58-29)7-10-51(11-8-37)23-17-56-18-23)52-16-31(39(43,44)45)57-30(36(52)55)15-50-19-38(41,42)20-50/h6,9,12-13,21-23,28,30-33H,2-5,7-8,10-11,14-20H2,1H3,(H,47,54)(H,48,53)/t28?,30?,31-,33-/m0/s1. The summed E-state index contributed by atoms with van der Waals surface area (Å²) in [5.74, 6) is -5.48. The van der Waals surface area contributed by atoms with E-state index in [1.807, 2.05) is 0 Å². The number of ether oxygens (including phenoxy) is 3. The zero-order chi connectivity index (χ0) is 40.7. The number of carbonyl (C=O) groups is 3. The van der Waals surface area contributed by atoms with Gasteiger partial charge in [0.2, 0.25) is 5.91 Å². The van der Waals surface area contributed by atoms with Crippen LogP contribution in [0.1, 0.15) is 67.0 Å². The van der Waals surface area contributed by atoms with Crippen LogP contribution in [0.5, 0.6) is 5.75 Å². The molecule has 316 valence electrons. The van der Waals surface area contributed by atoms with Gasteiger partial charge in [0.1, 0.15) is 35.0 Å². The number of amides is 3. The number of fused-ring (bicyclic) bond motifs is 1. The first-order valence-corrected chi connectivity index (χ1v) is 20.1. The monoisotopic (exact) mass is 823 g/mol. The maximum Gasteiger partial charge on any atom is 0.416 e. The fourth-order valence-corrected chi connectivity index (χ4v) is 9.62. The van der Waals surface area contributed by atoms with E-state index < -0.39 is 91.7 Å². The Balaban J connectivity index is 1.03. The molecule has 2 saturated carbocycles. The maximum absolute atomic E-state index is 16.4. The van der Waals surface area contributed by atoms with Crippen molar-refractivity contribution < 1.29 is 54.9 Å². The van der Waals surface area contributed by atoms with Crippen LogP contribution in [-0.4, -0.2) is 137 Å². The topological polar surface area (TPSA) is 130 Å². The highest BCUT2D eigenvalue weighted by Gasteiger charge is 2.55. The number of carbonyl (C=O) groups excluding carboxylic acids is 3. The highest BCUT2D eigenvalue weighted by atomic mass is 19.4. The molecule has 6 fully saturated rings. The van der Waals surface area contributed by atoms with Crippen LogP contribution in [0.4, 0.5) is 32.0 Å². The van der Waals surface area contributed by atoms with Crippen molar-refractivity contribution in [3.05, 3.63) is 41.5 Å². The van der Waals surface area contributed by atoms with Gasteiger partial charge in [-0.05, 0) is 68.4 Å². The predicted octanol–water partition coefficient (Wildman–Crippen LogP) is 3.90. The number of anilines is 1. The van der Waals surface area contributed by atoms with Gasteiger partial charge in [-0.3, -0.25) is 28.9 Å². The summed E-state index contributed by atoms with van der Waals surface area (Å²) in [6, 6.07) is 2.07. The third-order valence-electron chi connectivity index (χ3n) is 13.1. The summed E-state index contributed by atoms with van der Waals surface area (Å²) < 4.78 is 106. The molecule has 1 spiro atoms. The number of nitrogens with zero attached hydrogens (tertiary/aromatic N) is 5. The molecule has 58 heavy (non-hydrogen) atoms. The molecule has 13 nitrogen and oxygen atoms in total. The SMILES string of the molecule is Cn1nccc1C(=O)N[C@H](C(=O)Nc1cc2c(cc1F)C(N1C[C@@H](C(F)(F)F)OC(CN3CC(F)(F)C3)C1=O)CC1(CCN(C3COC3)CC1)O2)C(C1CC1)C1CC1. The molecule has 2 unspecified atom stereocenters. The van der Waals surface area contributed by atoms with E-state index in [-0.39, 0.29) is 52.9 Å². The fraction of sp³-hybridized carbons (Fsp3) is 0.692. The van der Waals surface area contributed by atoms with E-state index in [9.17, 15) is 36.3 Å². The Labute approximate surface area is 330 Å². The zero-order valence-corrected chi connectivity index (χ0v) is 32.0. The number of aromatic nitrogens is 2. The van der Waals surface area contributed by atoms with Crippen LogP contribution in [0.25, 0.3) is 0 Å². The number of hydrogen-bond acceptors (Lipinski definition) is 9. The van der Waals surface area contributed by atoms with Gasteiger partial charge in [-0.15, -0.1) is 0 Å². The number of alkyl halides is 5. The van der Waals surface area contributed by atoms with Crippen molar-refractivity contribution >= 4 is 23.4 Å². The summed E-state index contributed by atoms with van der Waals surface area (Å²) in [5.41, 5.74) is -0.843. The number of piperidine rings is 1. The van der Waals surface area contributed by atoms with Crippen molar-refractivity contribution in [2.24, 2.45) is 24.8 Å². The molecule has 2 aromatic rings. The van der Waals surface area contributed by atoms with Gasteiger partial charge in [0, 0.05) is 50.9 Å². The van der Waals surface area contributed by atoms with Crippen LogP contribution in [0, 0.1) is 23.6 Å². The smallest absolute Gasteiger partial charge is 0.416 e. The molecule has 1 aromatic carbocycles. The lowest BCUT2D eigenvalue weighted by Gasteiger charge is -2.52. The summed E-state index contributed by atoms with van der Waals surface area (Å²) >= 11 is 0. The second kappa shape index (κ2) is 14.7. The Morgan fingerprint density at radius 2 is 1.74 bits per heavy atom. The molecule has 2 aliphatic carbocycles. The summed E-state index contributed by atoms with van der Waals surface area (Å²) in [5, 5.41) is 9.67. The molecule has 4 saturated heterocycles. The van der Waals surface area contributed by atoms with Crippen molar-refractivity contribution in [1.29, 1.82) is 0 Å². The third-order valence-corrected chi connectivity index (χ3v) is 13.1. The first kappa shape index (κ1) is 39.5. The largest absolute Gasteiger partial charge is 0.487 e. The molecule has 0 radical (unpaired) electrons. The average Bonchev–Trinajstić information content (AvgIpc) is 4.08. The Kier molecular flexibility index (Phi) is 9.98.